The number of primary amides is 1. The van der Waals surface area contributed by atoms with Crippen molar-refractivity contribution in [2.24, 2.45) is 5.73 Å². The van der Waals surface area contributed by atoms with Gasteiger partial charge in [-0.25, -0.2) is 4.79 Å². The predicted molar refractivity (Wildman–Crippen MR) is 153 cm³/mol. The molecule has 41 heavy (non-hydrogen) atoms. The summed E-state index contributed by atoms with van der Waals surface area (Å²) >= 11 is 0. The van der Waals surface area contributed by atoms with E-state index in [9.17, 15) is 14.4 Å². The maximum absolute atomic E-state index is 12.8. The lowest BCUT2D eigenvalue weighted by atomic mass is 10.1. The van der Waals surface area contributed by atoms with E-state index >= 15 is 0 Å². The van der Waals surface area contributed by atoms with Crippen LogP contribution in [0.4, 0.5) is 27.9 Å². The van der Waals surface area contributed by atoms with E-state index < -0.39 is 5.91 Å². The summed E-state index contributed by atoms with van der Waals surface area (Å²) < 4.78 is 5.32. The number of rotatable bonds is 7. The van der Waals surface area contributed by atoms with Gasteiger partial charge in [0.1, 0.15) is 0 Å². The Hall–Kier alpha value is -4.78. The van der Waals surface area contributed by atoms with Crippen molar-refractivity contribution in [2.75, 3.05) is 61.6 Å². The summed E-state index contributed by atoms with van der Waals surface area (Å²) in [5, 5.41) is 14.4. The highest BCUT2D eigenvalue weighted by molar-refractivity contribution is 5.97. The number of carbonyl (C=O) groups is 3. The number of aromatic nitrogens is 3. The minimum Gasteiger partial charge on any atom is -0.378 e. The number of benzene rings is 2. The van der Waals surface area contributed by atoms with Gasteiger partial charge in [0.15, 0.2) is 11.5 Å². The number of nitrogens with zero attached hydrogens (tertiary/aromatic N) is 6. The topological polar surface area (TPSA) is 159 Å². The molecule has 1 aromatic heterocycles. The first-order valence-corrected chi connectivity index (χ1v) is 13.5. The standard InChI is InChI=1S/C28H33N9O4/c1-35(22-7-3-2-4-8-22)28(40)31-21-6-5-13-37(18-21)27-32-25(23(24(29)38)33-34-27)30-20-11-9-19(10-12-20)26(39)36-14-16-41-17-15-36/h2-4,7-12,21H,5-6,13-18H2,1H3,(H2,29,38)(H,31,40)(H,30,32,34)/t21-/m1/s1. The molecule has 0 spiro atoms. The van der Waals surface area contributed by atoms with Gasteiger partial charge in [0, 0.05) is 56.2 Å². The van der Waals surface area contributed by atoms with E-state index in [4.69, 9.17) is 10.5 Å². The van der Waals surface area contributed by atoms with Crippen LogP contribution in [0.5, 0.6) is 0 Å². The molecule has 1 atom stereocenters. The second-order valence-electron chi connectivity index (χ2n) is 9.91. The van der Waals surface area contributed by atoms with E-state index in [0.717, 1.165) is 18.5 Å². The molecule has 214 valence electrons. The van der Waals surface area contributed by atoms with Crippen molar-refractivity contribution >= 4 is 41.0 Å². The molecule has 2 aromatic carbocycles. The number of urea groups is 1. The number of carbonyl (C=O) groups excluding carboxylic acids is 3. The molecule has 2 aliphatic rings. The second-order valence-corrected chi connectivity index (χ2v) is 9.91. The summed E-state index contributed by atoms with van der Waals surface area (Å²) in [7, 11) is 1.73. The number of hydrogen-bond donors (Lipinski definition) is 3. The number of morpholine rings is 1. The summed E-state index contributed by atoms with van der Waals surface area (Å²) in [6.45, 7) is 3.31. The lowest BCUT2D eigenvalue weighted by Crippen LogP contribution is -2.51. The molecule has 4 N–H and O–H groups in total. The van der Waals surface area contributed by atoms with Gasteiger partial charge in [-0.3, -0.25) is 14.5 Å². The van der Waals surface area contributed by atoms with Crippen molar-refractivity contribution in [3.8, 4) is 0 Å². The van der Waals surface area contributed by atoms with Crippen molar-refractivity contribution in [1.82, 2.24) is 25.4 Å². The van der Waals surface area contributed by atoms with Gasteiger partial charge in [0.2, 0.25) is 5.95 Å². The highest BCUT2D eigenvalue weighted by atomic mass is 16.5. The summed E-state index contributed by atoms with van der Waals surface area (Å²) in [5.41, 5.74) is 7.39. The average Bonchev–Trinajstić information content (AvgIpc) is 3.01. The zero-order chi connectivity index (χ0) is 28.8. The smallest absolute Gasteiger partial charge is 0.321 e. The monoisotopic (exact) mass is 559 g/mol. The molecular formula is C28H33N9O4. The molecule has 0 unspecified atom stereocenters. The van der Waals surface area contributed by atoms with Crippen LogP contribution in [0.15, 0.2) is 54.6 Å². The van der Waals surface area contributed by atoms with Gasteiger partial charge < -0.3 is 30.9 Å². The number of nitrogens with one attached hydrogen (secondary N) is 2. The Balaban J connectivity index is 1.27. The minimum atomic E-state index is -0.772. The SMILES string of the molecule is CN(C(=O)N[C@@H]1CCCN(c2nnc(C(N)=O)c(Nc3ccc(C(=O)N4CCOCC4)cc3)n2)C1)c1ccccc1. The first kappa shape index (κ1) is 27.8. The lowest BCUT2D eigenvalue weighted by molar-refractivity contribution is 0.0303. The Morgan fingerprint density at radius 2 is 1.73 bits per heavy atom. The Morgan fingerprint density at radius 3 is 2.44 bits per heavy atom. The summed E-state index contributed by atoms with van der Waals surface area (Å²) in [6, 6.07) is 16.0. The normalized spacial score (nSPS) is 17.0. The van der Waals surface area contributed by atoms with Crippen LogP contribution < -0.4 is 26.2 Å². The minimum absolute atomic E-state index is 0.0645. The van der Waals surface area contributed by atoms with Gasteiger partial charge in [-0.1, -0.05) is 18.2 Å². The van der Waals surface area contributed by atoms with Crippen LogP contribution in [0.1, 0.15) is 33.7 Å². The molecule has 0 bridgehead atoms. The van der Waals surface area contributed by atoms with Crippen molar-refractivity contribution in [1.29, 1.82) is 0 Å². The molecule has 3 aromatic rings. The van der Waals surface area contributed by atoms with Crippen molar-refractivity contribution < 1.29 is 19.1 Å². The van der Waals surface area contributed by atoms with Gasteiger partial charge in [-0.05, 0) is 49.2 Å². The molecule has 2 fully saturated rings. The van der Waals surface area contributed by atoms with Gasteiger partial charge in [0.05, 0.1) is 13.2 Å². The Morgan fingerprint density at radius 1 is 1.00 bits per heavy atom. The van der Waals surface area contributed by atoms with Crippen LogP contribution in [0.2, 0.25) is 0 Å². The Bertz CT molecular complexity index is 1380. The largest absolute Gasteiger partial charge is 0.378 e. The summed E-state index contributed by atoms with van der Waals surface area (Å²) in [4.78, 5) is 47.5. The van der Waals surface area contributed by atoms with E-state index in [1.807, 2.05) is 35.2 Å². The number of para-hydroxylation sites is 1. The number of piperidine rings is 1. The Kier molecular flexibility index (Phi) is 8.53. The first-order chi connectivity index (χ1) is 19.9. The Labute approximate surface area is 237 Å². The number of amides is 4. The van der Waals surface area contributed by atoms with E-state index in [0.29, 0.717) is 56.6 Å². The highest BCUT2D eigenvalue weighted by Crippen LogP contribution is 2.23. The van der Waals surface area contributed by atoms with Crippen molar-refractivity contribution in [2.45, 2.75) is 18.9 Å². The maximum atomic E-state index is 12.8. The molecule has 3 heterocycles. The van der Waals surface area contributed by atoms with Crippen molar-refractivity contribution in [3.63, 3.8) is 0 Å². The van der Waals surface area contributed by atoms with Gasteiger partial charge in [0.25, 0.3) is 11.8 Å². The third-order valence-corrected chi connectivity index (χ3v) is 7.08. The third-order valence-electron chi connectivity index (χ3n) is 7.08. The number of nitrogens with two attached hydrogens (primary N) is 1. The molecule has 13 nitrogen and oxygen atoms in total. The van der Waals surface area contributed by atoms with Gasteiger partial charge in [-0.2, -0.15) is 4.98 Å². The molecule has 13 heteroatoms. The van der Waals surface area contributed by atoms with E-state index in [1.54, 1.807) is 41.1 Å². The number of hydrogen-bond acceptors (Lipinski definition) is 9. The fourth-order valence-electron chi connectivity index (χ4n) is 4.80. The number of anilines is 4. The van der Waals surface area contributed by atoms with Crippen LogP contribution in [0.3, 0.4) is 0 Å². The highest BCUT2D eigenvalue weighted by Gasteiger charge is 2.26. The van der Waals surface area contributed by atoms with Gasteiger partial charge in [-0.15, -0.1) is 10.2 Å². The second kappa shape index (κ2) is 12.6. The molecule has 4 amide bonds. The molecule has 5 rings (SSSR count). The molecule has 0 saturated carbocycles. The van der Waals surface area contributed by atoms with Gasteiger partial charge >= 0.3 is 6.03 Å². The zero-order valence-electron chi connectivity index (χ0n) is 22.8. The van der Waals surface area contributed by atoms with E-state index in [1.165, 1.54) is 0 Å². The van der Waals surface area contributed by atoms with Crippen LogP contribution in [0, 0.1) is 0 Å². The fraction of sp³-hybridized carbons (Fsp3) is 0.357. The zero-order valence-corrected chi connectivity index (χ0v) is 22.8. The molecule has 0 radical (unpaired) electrons. The number of ether oxygens (including phenoxy) is 1. The van der Waals surface area contributed by atoms with E-state index in [2.05, 4.69) is 25.8 Å². The van der Waals surface area contributed by atoms with Crippen LogP contribution >= 0.6 is 0 Å². The van der Waals surface area contributed by atoms with Crippen LogP contribution in [-0.2, 0) is 4.74 Å². The molecular weight excluding hydrogens is 526 g/mol. The first-order valence-electron chi connectivity index (χ1n) is 13.5. The predicted octanol–water partition coefficient (Wildman–Crippen LogP) is 2.00. The summed E-state index contributed by atoms with van der Waals surface area (Å²) in [6.07, 6.45) is 1.61. The quantitative estimate of drug-likeness (QED) is 0.394. The van der Waals surface area contributed by atoms with Crippen LogP contribution in [0.25, 0.3) is 0 Å². The summed E-state index contributed by atoms with van der Waals surface area (Å²) in [5.74, 6) is -0.368. The fourth-order valence-corrected chi connectivity index (χ4v) is 4.80. The van der Waals surface area contributed by atoms with Crippen molar-refractivity contribution in [3.05, 3.63) is 65.9 Å². The average molecular weight is 560 g/mol. The maximum Gasteiger partial charge on any atom is 0.321 e. The van der Waals surface area contributed by atoms with E-state index in [-0.39, 0.29) is 29.5 Å². The molecule has 0 aliphatic carbocycles. The van der Waals surface area contributed by atoms with Crippen LogP contribution in [-0.4, -0.2) is 90.4 Å². The lowest BCUT2D eigenvalue weighted by Gasteiger charge is -2.34. The third kappa shape index (κ3) is 6.69. The molecule has 2 saturated heterocycles. The molecule has 2 aliphatic heterocycles.